The zero-order valence-corrected chi connectivity index (χ0v) is 14.6. The highest BCUT2D eigenvalue weighted by atomic mass is 16.5. The topological polar surface area (TPSA) is 62.2 Å². The summed E-state index contributed by atoms with van der Waals surface area (Å²) >= 11 is 0. The molecule has 2 fully saturated rings. The molecule has 1 saturated heterocycles. The number of piperidine rings is 1. The Morgan fingerprint density at radius 3 is 3.04 bits per heavy atom. The van der Waals surface area contributed by atoms with Crippen LogP contribution in [0.3, 0.4) is 0 Å². The molecule has 0 aromatic heterocycles. The number of ether oxygens (including phenoxy) is 2. The van der Waals surface area contributed by atoms with Gasteiger partial charge < -0.3 is 19.7 Å². The molecule has 1 aromatic carbocycles. The quantitative estimate of drug-likeness (QED) is 0.819. The molecular weight excluding hydrogens is 318 g/mol. The number of phenols is 1. The predicted octanol–water partition coefficient (Wildman–Crippen LogP) is 1.75. The molecule has 5 heteroatoms. The van der Waals surface area contributed by atoms with E-state index in [1.165, 1.54) is 5.56 Å². The Bertz CT molecular complexity index is 749. The van der Waals surface area contributed by atoms with E-state index in [1.807, 2.05) is 12.1 Å². The van der Waals surface area contributed by atoms with Gasteiger partial charge in [0.25, 0.3) is 0 Å². The van der Waals surface area contributed by atoms with Crippen LogP contribution in [-0.4, -0.2) is 59.2 Å². The van der Waals surface area contributed by atoms with E-state index < -0.39 is 11.0 Å². The summed E-state index contributed by atoms with van der Waals surface area (Å²) in [4.78, 5) is 2.36. The van der Waals surface area contributed by atoms with Gasteiger partial charge in [-0.25, -0.2) is 0 Å². The summed E-state index contributed by atoms with van der Waals surface area (Å²) in [5, 5.41) is 22.4. The second-order valence-electron chi connectivity index (χ2n) is 7.95. The number of likely N-dealkylation sites (tertiary alicyclic amines) is 1. The first kappa shape index (κ1) is 15.7. The van der Waals surface area contributed by atoms with Crippen molar-refractivity contribution in [2.45, 2.75) is 54.9 Å². The molecule has 134 valence electrons. The van der Waals surface area contributed by atoms with Crippen LogP contribution in [0.5, 0.6) is 11.5 Å². The van der Waals surface area contributed by atoms with E-state index in [0.717, 1.165) is 37.9 Å². The monoisotopic (exact) mass is 343 g/mol. The highest BCUT2D eigenvalue weighted by Crippen LogP contribution is 2.65. The van der Waals surface area contributed by atoms with E-state index in [0.29, 0.717) is 12.2 Å². The number of methoxy groups -OCH3 is 1. The van der Waals surface area contributed by atoms with Crippen LogP contribution in [0.4, 0.5) is 0 Å². The molecule has 2 aliphatic carbocycles. The molecule has 25 heavy (non-hydrogen) atoms. The Labute approximate surface area is 147 Å². The lowest BCUT2D eigenvalue weighted by molar-refractivity contribution is -0.210. The Hall–Kier alpha value is -1.56. The maximum absolute atomic E-state index is 12.0. The van der Waals surface area contributed by atoms with Gasteiger partial charge in [0.1, 0.15) is 6.10 Å². The second-order valence-corrected chi connectivity index (χ2v) is 7.95. The van der Waals surface area contributed by atoms with Gasteiger partial charge in [-0.15, -0.1) is 6.58 Å². The highest BCUT2D eigenvalue weighted by Gasteiger charge is 2.72. The van der Waals surface area contributed by atoms with Gasteiger partial charge in [0, 0.05) is 25.3 Å². The zero-order chi connectivity index (χ0) is 17.4. The fourth-order valence-electron chi connectivity index (χ4n) is 6.21. The Morgan fingerprint density at radius 1 is 1.44 bits per heavy atom. The minimum Gasteiger partial charge on any atom is -0.504 e. The SMILES string of the molecule is C=CCN1CC[C@]23c4c5ccc(O)c4O[C@H]2C(OC)CC[C@@]3(O)C1C5. The lowest BCUT2D eigenvalue weighted by Crippen LogP contribution is -2.77. The Morgan fingerprint density at radius 2 is 2.28 bits per heavy atom. The number of aliphatic hydroxyl groups is 1. The summed E-state index contributed by atoms with van der Waals surface area (Å²) in [5.41, 5.74) is 0.877. The molecular formula is C20H25NO4. The fraction of sp³-hybridized carbons (Fsp3) is 0.600. The van der Waals surface area contributed by atoms with Gasteiger partial charge in [0.15, 0.2) is 11.5 Å². The van der Waals surface area contributed by atoms with Crippen molar-refractivity contribution in [1.29, 1.82) is 0 Å². The van der Waals surface area contributed by atoms with Crippen molar-refractivity contribution in [3.8, 4) is 11.5 Å². The third kappa shape index (κ3) is 1.65. The molecule has 0 amide bonds. The first-order chi connectivity index (χ1) is 12.1. The number of nitrogens with zero attached hydrogens (tertiary/aromatic N) is 1. The smallest absolute Gasteiger partial charge is 0.165 e. The first-order valence-electron chi connectivity index (χ1n) is 9.19. The number of hydrogen-bond donors (Lipinski definition) is 2. The van der Waals surface area contributed by atoms with Crippen molar-refractivity contribution in [3.63, 3.8) is 0 Å². The molecule has 2 N–H and O–H groups in total. The van der Waals surface area contributed by atoms with Crippen LogP contribution in [0.25, 0.3) is 0 Å². The van der Waals surface area contributed by atoms with Crippen LogP contribution in [0.2, 0.25) is 0 Å². The number of benzene rings is 1. The molecule has 1 spiro atoms. The van der Waals surface area contributed by atoms with Gasteiger partial charge in [0.05, 0.1) is 17.1 Å². The third-order valence-electron chi connectivity index (χ3n) is 7.19. The number of hydrogen-bond acceptors (Lipinski definition) is 5. The molecule has 0 radical (unpaired) electrons. The Kier molecular flexibility index (Phi) is 3.13. The molecule has 1 aromatic rings. The summed E-state index contributed by atoms with van der Waals surface area (Å²) in [5.74, 6) is 0.743. The van der Waals surface area contributed by atoms with Crippen molar-refractivity contribution in [2.75, 3.05) is 20.2 Å². The van der Waals surface area contributed by atoms with Gasteiger partial charge in [0.2, 0.25) is 0 Å². The van der Waals surface area contributed by atoms with Crippen LogP contribution in [-0.2, 0) is 16.6 Å². The normalized spacial score (nSPS) is 41.1. The minimum absolute atomic E-state index is 0.0474. The standard InChI is InChI=1S/C20H25NO4/c1-3-9-21-10-8-19-16-12-4-5-13(22)17(16)25-18(19)14(24-2)6-7-20(19,23)15(21)11-12/h3-5,14-15,18,22-23H,1,6-11H2,2H3/t14?,15?,18-,19-,20+/m0/s1. The molecule has 2 unspecified atom stereocenters. The van der Waals surface area contributed by atoms with E-state index in [1.54, 1.807) is 13.2 Å². The molecule has 5 atom stereocenters. The molecule has 2 bridgehead atoms. The van der Waals surface area contributed by atoms with Crippen LogP contribution in [0.1, 0.15) is 30.4 Å². The first-order valence-corrected chi connectivity index (χ1v) is 9.19. The largest absolute Gasteiger partial charge is 0.504 e. The van der Waals surface area contributed by atoms with Gasteiger partial charge >= 0.3 is 0 Å². The van der Waals surface area contributed by atoms with E-state index in [2.05, 4.69) is 11.5 Å². The maximum atomic E-state index is 12.0. The van der Waals surface area contributed by atoms with Gasteiger partial charge in [-0.1, -0.05) is 12.1 Å². The van der Waals surface area contributed by atoms with Crippen LogP contribution < -0.4 is 4.74 Å². The summed E-state index contributed by atoms with van der Waals surface area (Å²) < 4.78 is 12.0. The fourth-order valence-corrected chi connectivity index (χ4v) is 6.21. The number of rotatable bonds is 3. The lowest BCUT2D eigenvalue weighted by Gasteiger charge is -2.63. The number of aromatic hydroxyl groups is 1. The van der Waals surface area contributed by atoms with Crippen molar-refractivity contribution in [2.24, 2.45) is 0 Å². The van der Waals surface area contributed by atoms with Gasteiger partial charge in [-0.3, -0.25) is 4.90 Å². The van der Waals surface area contributed by atoms with Crippen LogP contribution >= 0.6 is 0 Å². The molecule has 1 saturated carbocycles. The van der Waals surface area contributed by atoms with Crippen LogP contribution in [0, 0.1) is 0 Å². The average Bonchev–Trinajstić information content (AvgIpc) is 2.95. The van der Waals surface area contributed by atoms with Crippen LogP contribution in [0.15, 0.2) is 24.8 Å². The zero-order valence-electron chi connectivity index (χ0n) is 14.6. The lowest BCUT2D eigenvalue weighted by atomic mass is 9.48. The maximum Gasteiger partial charge on any atom is 0.165 e. The second kappa shape index (κ2) is 5.00. The van der Waals surface area contributed by atoms with E-state index in [9.17, 15) is 10.2 Å². The highest BCUT2D eigenvalue weighted by molar-refractivity contribution is 5.62. The van der Waals surface area contributed by atoms with Crippen molar-refractivity contribution < 1.29 is 19.7 Å². The predicted molar refractivity (Wildman–Crippen MR) is 93.1 cm³/mol. The average molecular weight is 343 g/mol. The van der Waals surface area contributed by atoms with Crippen molar-refractivity contribution in [1.82, 2.24) is 4.90 Å². The Balaban J connectivity index is 1.76. The molecule has 5 nitrogen and oxygen atoms in total. The summed E-state index contributed by atoms with van der Waals surface area (Å²) in [6, 6.07) is 3.77. The van der Waals surface area contributed by atoms with Crippen molar-refractivity contribution in [3.05, 3.63) is 35.9 Å². The summed E-state index contributed by atoms with van der Waals surface area (Å²) in [6.45, 7) is 5.56. The van der Waals surface area contributed by atoms with Crippen molar-refractivity contribution >= 4 is 0 Å². The van der Waals surface area contributed by atoms with Gasteiger partial charge in [-0.05, 0) is 43.9 Å². The summed E-state index contributed by atoms with van der Waals surface area (Å²) in [7, 11) is 1.71. The molecule has 2 aliphatic heterocycles. The summed E-state index contributed by atoms with van der Waals surface area (Å²) in [6.07, 6.45) is 4.66. The van der Waals surface area contributed by atoms with Gasteiger partial charge in [-0.2, -0.15) is 0 Å². The van der Waals surface area contributed by atoms with E-state index in [4.69, 9.17) is 9.47 Å². The molecule has 4 aliphatic rings. The van der Waals surface area contributed by atoms with E-state index >= 15 is 0 Å². The molecule has 2 heterocycles. The minimum atomic E-state index is -0.861. The number of phenolic OH excluding ortho intramolecular Hbond substituents is 1. The third-order valence-corrected chi connectivity index (χ3v) is 7.19. The van der Waals surface area contributed by atoms with E-state index in [-0.39, 0.29) is 24.0 Å². The molecule has 5 rings (SSSR count).